The molecular weight excluding hydrogens is 456 g/mol. The number of aromatic hydroxyl groups is 2. The molecule has 2 aromatic carbocycles. The summed E-state index contributed by atoms with van der Waals surface area (Å²) >= 11 is 0. The number of benzene rings is 2. The maximum Gasteiger partial charge on any atom is 0.309 e. The standard InChI is InChI=1S/C30H34O6/c1-6-29(4)12-7-13-30(5,28(35)36)22(29)11-8-17-14-18(16(2)3)15-19-23(17)27(34)25-21(32)10-9-20(31)24(25)26(19)33/h6,9-10,14-16,22,31-32H,1,7-8,11-13H2,2-5H3,(H,35,36)/t22?,29-,30+/m0/s1. The van der Waals surface area contributed by atoms with E-state index in [9.17, 15) is 29.7 Å². The van der Waals surface area contributed by atoms with Gasteiger partial charge in [0.2, 0.25) is 0 Å². The van der Waals surface area contributed by atoms with E-state index >= 15 is 0 Å². The summed E-state index contributed by atoms with van der Waals surface area (Å²) in [4.78, 5) is 39.5. The first kappa shape index (κ1) is 25.7. The highest BCUT2D eigenvalue weighted by molar-refractivity contribution is 6.30. The van der Waals surface area contributed by atoms with Gasteiger partial charge in [0.25, 0.3) is 0 Å². The second kappa shape index (κ2) is 8.91. The van der Waals surface area contributed by atoms with E-state index in [1.54, 1.807) is 13.0 Å². The van der Waals surface area contributed by atoms with Crippen LogP contribution in [0.2, 0.25) is 0 Å². The van der Waals surface area contributed by atoms with E-state index in [0.717, 1.165) is 18.4 Å². The third-order valence-corrected chi connectivity index (χ3v) is 8.63. The quantitative estimate of drug-likeness (QED) is 0.288. The molecule has 0 bridgehead atoms. The van der Waals surface area contributed by atoms with Gasteiger partial charge < -0.3 is 15.3 Å². The fourth-order valence-electron chi connectivity index (χ4n) is 6.37. The lowest BCUT2D eigenvalue weighted by atomic mass is 9.54. The van der Waals surface area contributed by atoms with E-state index < -0.39 is 23.0 Å². The van der Waals surface area contributed by atoms with Crippen molar-refractivity contribution in [1.82, 2.24) is 0 Å². The maximum atomic E-state index is 13.7. The first-order valence-corrected chi connectivity index (χ1v) is 12.5. The monoisotopic (exact) mass is 490 g/mol. The summed E-state index contributed by atoms with van der Waals surface area (Å²) in [6.45, 7) is 11.9. The number of fused-ring (bicyclic) bond motifs is 2. The van der Waals surface area contributed by atoms with Crippen LogP contribution in [0.1, 0.15) is 102 Å². The molecule has 2 aliphatic rings. The van der Waals surface area contributed by atoms with Crippen LogP contribution < -0.4 is 0 Å². The Morgan fingerprint density at radius 3 is 2.22 bits per heavy atom. The Balaban J connectivity index is 1.84. The molecule has 4 rings (SSSR count). The molecule has 3 N–H and O–H groups in total. The van der Waals surface area contributed by atoms with Crippen molar-refractivity contribution in [2.24, 2.45) is 16.7 Å². The molecule has 2 aromatic rings. The van der Waals surface area contributed by atoms with Crippen molar-refractivity contribution in [2.45, 2.75) is 65.7 Å². The van der Waals surface area contributed by atoms with Gasteiger partial charge in [0, 0.05) is 11.1 Å². The molecule has 1 fully saturated rings. The Bertz CT molecular complexity index is 1290. The Morgan fingerprint density at radius 1 is 1.06 bits per heavy atom. The predicted molar refractivity (Wildman–Crippen MR) is 137 cm³/mol. The molecule has 36 heavy (non-hydrogen) atoms. The average Bonchev–Trinajstić information content (AvgIpc) is 2.82. The van der Waals surface area contributed by atoms with Crippen LogP contribution >= 0.6 is 0 Å². The molecular formula is C30H34O6. The largest absolute Gasteiger partial charge is 0.507 e. The zero-order chi connectivity index (χ0) is 26.6. The lowest BCUT2D eigenvalue weighted by Gasteiger charge is -2.49. The number of ketones is 2. The van der Waals surface area contributed by atoms with Crippen molar-refractivity contribution in [3.63, 3.8) is 0 Å². The zero-order valence-corrected chi connectivity index (χ0v) is 21.4. The molecule has 0 heterocycles. The number of rotatable bonds is 6. The van der Waals surface area contributed by atoms with Crippen molar-refractivity contribution in [3.05, 3.63) is 70.3 Å². The van der Waals surface area contributed by atoms with Gasteiger partial charge in [-0.3, -0.25) is 14.4 Å². The van der Waals surface area contributed by atoms with Gasteiger partial charge in [0.1, 0.15) is 11.5 Å². The molecule has 0 radical (unpaired) electrons. The number of aliphatic carboxylic acids is 1. The summed E-state index contributed by atoms with van der Waals surface area (Å²) in [6, 6.07) is 6.05. The summed E-state index contributed by atoms with van der Waals surface area (Å²) in [5, 5.41) is 31.0. The molecule has 1 unspecified atom stereocenters. The number of phenolic OH excluding ortho intramolecular Hbond substituents is 2. The summed E-state index contributed by atoms with van der Waals surface area (Å²) in [5.41, 5.74) is 0.304. The number of hydrogen-bond acceptors (Lipinski definition) is 5. The van der Waals surface area contributed by atoms with E-state index in [-0.39, 0.29) is 51.0 Å². The van der Waals surface area contributed by atoms with Gasteiger partial charge in [-0.15, -0.1) is 6.58 Å². The van der Waals surface area contributed by atoms with Crippen LogP contribution in [0, 0.1) is 16.7 Å². The van der Waals surface area contributed by atoms with Gasteiger partial charge in [0.15, 0.2) is 11.6 Å². The molecule has 0 aromatic heterocycles. The van der Waals surface area contributed by atoms with Crippen molar-refractivity contribution in [1.29, 1.82) is 0 Å². The Morgan fingerprint density at radius 2 is 1.67 bits per heavy atom. The van der Waals surface area contributed by atoms with Crippen LogP contribution in [0.5, 0.6) is 11.5 Å². The van der Waals surface area contributed by atoms with Crippen molar-refractivity contribution < 1.29 is 29.7 Å². The summed E-state index contributed by atoms with van der Waals surface area (Å²) in [7, 11) is 0. The SMILES string of the molecule is C=C[C@@]1(C)CCC[C@@](C)(C(=O)O)C1CCc1cc(C(C)C)cc2c1C(=O)c1c(O)ccc(O)c1C2=O. The highest BCUT2D eigenvalue weighted by atomic mass is 16.4. The number of hydrogen-bond donors (Lipinski definition) is 3. The fraction of sp³-hybridized carbons (Fsp3) is 0.433. The number of allylic oxidation sites excluding steroid dienone is 1. The Kier molecular flexibility index (Phi) is 6.36. The third kappa shape index (κ3) is 3.83. The van der Waals surface area contributed by atoms with Crippen LogP contribution in [0.3, 0.4) is 0 Å². The highest BCUT2D eigenvalue weighted by Crippen LogP contribution is 2.54. The molecule has 0 aliphatic heterocycles. The summed E-state index contributed by atoms with van der Waals surface area (Å²) in [6.07, 6.45) is 4.97. The smallest absolute Gasteiger partial charge is 0.309 e. The third-order valence-electron chi connectivity index (χ3n) is 8.63. The number of carbonyl (C=O) groups excluding carboxylic acids is 2. The van der Waals surface area contributed by atoms with E-state index in [1.165, 1.54) is 12.1 Å². The fourth-order valence-corrected chi connectivity index (χ4v) is 6.37. The lowest BCUT2D eigenvalue weighted by Crippen LogP contribution is -2.47. The minimum absolute atomic E-state index is 0.0773. The van der Waals surface area contributed by atoms with E-state index in [1.807, 2.05) is 26.0 Å². The van der Waals surface area contributed by atoms with Gasteiger partial charge in [-0.05, 0) is 79.2 Å². The topological polar surface area (TPSA) is 112 Å². The van der Waals surface area contributed by atoms with Gasteiger partial charge in [0.05, 0.1) is 16.5 Å². The van der Waals surface area contributed by atoms with Crippen LogP contribution in [0.25, 0.3) is 0 Å². The number of carboxylic acids is 1. The minimum atomic E-state index is -0.937. The lowest BCUT2D eigenvalue weighted by molar-refractivity contribution is -0.158. The first-order valence-electron chi connectivity index (χ1n) is 12.5. The Labute approximate surface area is 211 Å². The van der Waals surface area contributed by atoms with Gasteiger partial charge in [-0.25, -0.2) is 0 Å². The van der Waals surface area contributed by atoms with Crippen molar-refractivity contribution in [2.75, 3.05) is 0 Å². The van der Waals surface area contributed by atoms with Gasteiger partial charge in [-0.2, -0.15) is 0 Å². The first-order chi connectivity index (χ1) is 16.9. The maximum absolute atomic E-state index is 13.7. The number of aryl methyl sites for hydroxylation is 1. The second-order valence-corrected chi connectivity index (χ2v) is 11.1. The molecule has 3 atom stereocenters. The second-order valence-electron chi connectivity index (χ2n) is 11.1. The minimum Gasteiger partial charge on any atom is -0.507 e. The van der Waals surface area contributed by atoms with Gasteiger partial charge in [-0.1, -0.05) is 39.3 Å². The summed E-state index contributed by atoms with van der Waals surface area (Å²) < 4.78 is 0. The van der Waals surface area contributed by atoms with Crippen molar-refractivity contribution in [3.8, 4) is 11.5 Å². The van der Waals surface area contributed by atoms with E-state index in [4.69, 9.17) is 0 Å². The molecule has 2 aliphatic carbocycles. The highest BCUT2D eigenvalue weighted by Gasteiger charge is 2.51. The Hall–Kier alpha value is -3.41. The predicted octanol–water partition coefficient (Wildman–Crippen LogP) is 6.01. The molecule has 0 spiro atoms. The van der Waals surface area contributed by atoms with E-state index in [2.05, 4.69) is 13.5 Å². The van der Waals surface area contributed by atoms with Crippen LogP contribution in [0.4, 0.5) is 0 Å². The average molecular weight is 491 g/mol. The molecule has 6 nitrogen and oxygen atoms in total. The van der Waals surface area contributed by atoms with Crippen LogP contribution in [0.15, 0.2) is 36.9 Å². The van der Waals surface area contributed by atoms with Crippen LogP contribution in [-0.4, -0.2) is 32.9 Å². The number of carboxylic acid groups (broad SMARTS) is 1. The normalized spacial score (nSPS) is 25.4. The molecule has 190 valence electrons. The zero-order valence-electron chi connectivity index (χ0n) is 21.4. The number of phenols is 2. The van der Waals surface area contributed by atoms with E-state index in [0.29, 0.717) is 24.8 Å². The molecule has 0 amide bonds. The van der Waals surface area contributed by atoms with Crippen molar-refractivity contribution >= 4 is 17.5 Å². The number of carbonyl (C=O) groups is 3. The molecule has 6 heteroatoms. The van der Waals surface area contributed by atoms with Crippen LogP contribution in [-0.2, 0) is 11.2 Å². The molecule has 0 saturated heterocycles. The molecule has 1 saturated carbocycles. The van der Waals surface area contributed by atoms with Gasteiger partial charge >= 0.3 is 5.97 Å². The summed E-state index contributed by atoms with van der Waals surface area (Å²) in [5.74, 6) is -2.67.